The monoisotopic (exact) mass is 291 g/mol. The minimum absolute atomic E-state index is 0.0271. The fraction of sp³-hybridized carbons (Fsp3) is 0.533. The van der Waals surface area contributed by atoms with Crippen LogP contribution in [0.4, 0.5) is 5.69 Å². The predicted molar refractivity (Wildman–Crippen MR) is 79.0 cm³/mol. The number of nitrogens with zero attached hydrogens (tertiary/aromatic N) is 1. The van der Waals surface area contributed by atoms with E-state index >= 15 is 0 Å². The normalized spacial score (nSPS) is 17.2. The fourth-order valence-electron chi connectivity index (χ4n) is 2.67. The summed E-state index contributed by atoms with van der Waals surface area (Å²) in [5.74, 6) is -0.891. The molecule has 0 spiro atoms. The van der Waals surface area contributed by atoms with Gasteiger partial charge in [0.15, 0.2) is 0 Å². The summed E-state index contributed by atoms with van der Waals surface area (Å²) >= 11 is 0. The number of hydrogen-bond acceptors (Lipinski definition) is 4. The lowest BCUT2D eigenvalue weighted by Crippen LogP contribution is -2.44. The predicted octanol–water partition coefficient (Wildman–Crippen LogP) is 1.43. The molecule has 3 N–H and O–H groups in total. The molecular formula is C15H21N3O3. The molecule has 0 aliphatic carbocycles. The van der Waals surface area contributed by atoms with Crippen LogP contribution in [0, 0.1) is 5.41 Å². The first kappa shape index (κ1) is 15.4. The first-order valence-electron chi connectivity index (χ1n) is 7.25. The molecule has 1 amide bonds. The molecule has 1 aliphatic heterocycles. The number of carboxylic acids is 1. The number of nitrogens with one attached hydrogen (secondary N) is 2. The van der Waals surface area contributed by atoms with Gasteiger partial charge in [-0.05, 0) is 44.5 Å². The fourth-order valence-corrected chi connectivity index (χ4v) is 2.67. The first-order valence-corrected chi connectivity index (χ1v) is 7.25. The van der Waals surface area contributed by atoms with Gasteiger partial charge in [0.2, 0.25) is 5.91 Å². The SMILES string of the molecule is CCC1(C(=O)Nc2ccc(CC(=O)O)nc2)CCNCC1. The molecule has 2 heterocycles. The van der Waals surface area contributed by atoms with Crippen molar-refractivity contribution in [2.24, 2.45) is 5.41 Å². The molecule has 6 nitrogen and oxygen atoms in total. The molecule has 0 bridgehead atoms. The van der Waals surface area contributed by atoms with Gasteiger partial charge in [-0.1, -0.05) is 6.92 Å². The van der Waals surface area contributed by atoms with Crippen LogP contribution in [0.3, 0.4) is 0 Å². The number of anilines is 1. The maximum Gasteiger partial charge on any atom is 0.309 e. The summed E-state index contributed by atoms with van der Waals surface area (Å²) in [7, 11) is 0. The Balaban J connectivity index is 2.03. The van der Waals surface area contributed by atoms with Crippen molar-refractivity contribution in [3.05, 3.63) is 24.0 Å². The standard InChI is InChI=1S/C15H21N3O3/c1-2-15(5-7-16-8-6-15)14(21)18-12-4-3-11(17-10-12)9-13(19)20/h3-4,10,16H,2,5-9H2,1H3,(H,18,21)(H,19,20). The molecular weight excluding hydrogens is 270 g/mol. The lowest BCUT2D eigenvalue weighted by Gasteiger charge is -2.35. The van der Waals surface area contributed by atoms with Gasteiger partial charge in [0.1, 0.15) is 0 Å². The van der Waals surface area contributed by atoms with Gasteiger partial charge in [-0.25, -0.2) is 0 Å². The van der Waals surface area contributed by atoms with Crippen LogP contribution in [0.5, 0.6) is 0 Å². The van der Waals surface area contributed by atoms with E-state index in [4.69, 9.17) is 5.11 Å². The minimum atomic E-state index is -0.918. The van der Waals surface area contributed by atoms with E-state index in [2.05, 4.69) is 15.6 Å². The molecule has 0 unspecified atom stereocenters. The van der Waals surface area contributed by atoms with Crippen molar-refractivity contribution in [2.45, 2.75) is 32.6 Å². The van der Waals surface area contributed by atoms with Gasteiger partial charge in [-0.15, -0.1) is 0 Å². The zero-order chi connectivity index (χ0) is 15.3. The van der Waals surface area contributed by atoms with Crippen LogP contribution in [-0.4, -0.2) is 35.1 Å². The third-order valence-corrected chi connectivity index (χ3v) is 4.13. The number of carboxylic acid groups (broad SMARTS) is 1. The molecule has 1 saturated heterocycles. The number of amides is 1. The lowest BCUT2D eigenvalue weighted by molar-refractivity contribution is -0.136. The van der Waals surface area contributed by atoms with Crippen molar-refractivity contribution >= 4 is 17.6 Å². The van der Waals surface area contributed by atoms with E-state index in [1.807, 2.05) is 6.92 Å². The molecule has 1 aromatic rings. The molecule has 6 heteroatoms. The van der Waals surface area contributed by atoms with Crippen LogP contribution in [-0.2, 0) is 16.0 Å². The summed E-state index contributed by atoms with van der Waals surface area (Å²) in [6, 6.07) is 3.33. The van der Waals surface area contributed by atoms with Crippen LogP contribution in [0.25, 0.3) is 0 Å². The highest BCUT2D eigenvalue weighted by molar-refractivity contribution is 5.95. The number of pyridine rings is 1. The first-order chi connectivity index (χ1) is 10.1. The maximum absolute atomic E-state index is 12.5. The molecule has 21 heavy (non-hydrogen) atoms. The van der Waals surface area contributed by atoms with E-state index in [-0.39, 0.29) is 17.7 Å². The number of piperidine rings is 1. The highest BCUT2D eigenvalue weighted by Gasteiger charge is 2.37. The molecule has 0 aromatic carbocycles. The summed E-state index contributed by atoms with van der Waals surface area (Å²) in [5.41, 5.74) is 0.776. The van der Waals surface area contributed by atoms with E-state index in [0.29, 0.717) is 11.4 Å². The van der Waals surface area contributed by atoms with Gasteiger partial charge in [0.05, 0.1) is 29.4 Å². The maximum atomic E-state index is 12.5. The third-order valence-electron chi connectivity index (χ3n) is 4.13. The third kappa shape index (κ3) is 3.78. The van der Waals surface area contributed by atoms with E-state index in [9.17, 15) is 9.59 Å². The molecule has 1 aromatic heterocycles. The van der Waals surface area contributed by atoms with Gasteiger partial charge in [0, 0.05) is 0 Å². The summed E-state index contributed by atoms with van der Waals surface area (Å²) in [6.07, 6.45) is 3.88. The average Bonchev–Trinajstić information content (AvgIpc) is 2.49. The highest BCUT2D eigenvalue weighted by atomic mass is 16.4. The van der Waals surface area contributed by atoms with Gasteiger partial charge in [0.25, 0.3) is 0 Å². The van der Waals surface area contributed by atoms with Gasteiger partial charge in [-0.2, -0.15) is 0 Å². The van der Waals surface area contributed by atoms with Crippen LogP contribution in [0.1, 0.15) is 31.9 Å². The number of hydrogen-bond donors (Lipinski definition) is 3. The van der Waals surface area contributed by atoms with Crippen molar-refractivity contribution in [2.75, 3.05) is 18.4 Å². The smallest absolute Gasteiger partial charge is 0.309 e. The van der Waals surface area contributed by atoms with E-state index in [0.717, 1.165) is 32.4 Å². The van der Waals surface area contributed by atoms with Crippen LogP contribution < -0.4 is 10.6 Å². The lowest BCUT2D eigenvalue weighted by atomic mass is 9.76. The Bertz CT molecular complexity index is 507. The largest absolute Gasteiger partial charge is 0.481 e. The number of carbonyl (C=O) groups is 2. The van der Waals surface area contributed by atoms with E-state index in [1.54, 1.807) is 12.1 Å². The molecule has 1 aliphatic rings. The summed E-state index contributed by atoms with van der Waals surface area (Å²) in [5, 5.41) is 14.9. The van der Waals surface area contributed by atoms with Crippen LogP contribution in [0.2, 0.25) is 0 Å². The van der Waals surface area contributed by atoms with Crippen molar-refractivity contribution in [1.82, 2.24) is 10.3 Å². The molecule has 0 saturated carbocycles. The van der Waals surface area contributed by atoms with Gasteiger partial charge >= 0.3 is 5.97 Å². The molecule has 1 fully saturated rings. The van der Waals surface area contributed by atoms with E-state index < -0.39 is 5.97 Å². The highest BCUT2D eigenvalue weighted by Crippen LogP contribution is 2.33. The van der Waals surface area contributed by atoms with Crippen molar-refractivity contribution < 1.29 is 14.7 Å². The number of aliphatic carboxylic acids is 1. The number of carbonyl (C=O) groups excluding carboxylic acids is 1. The molecule has 0 atom stereocenters. The zero-order valence-electron chi connectivity index (χ0n) is 12.2. The molecule has 114 valence electrons. The minimum Gasteiger partial charge on any atom is -0.481 e. The second kappa shape index (κ2) is 6.67. The Kier molecular flexibility index (Phi) is 4.90. The summed E-state index contributed by atoms with van der Waals surface area (Å²) in [6.45, 7) is 3.76. The quantitative estimate of drug-likeness (QED) is 0.763. The number of aromatic nitrogens is 1. The summed E-state index contributed by atoms with van der Waals surface area (Å²) in [4.78, 5) is 27.2. The Morgan fingerprint density at radius 3 is 2.62 bits per heavy atom. The van der Waals surface area contributed by atoms with Crippen LogP contribution >= 0.6 is 0 Å². The van der Waals surface area contributed by atoms with E-state index in [1.165, 1.54) is 6.20 Å². The van der Waals surface area contributed by atoms with Crippen molar-refractivity contribution in [3.8, 4) is 0 Å². The Labute approximate surface area is 124 Å². The van der Waals surface area contributed by atoms with Gasteiger partial charge < -0.3 is 15.7 Å². The molecule has 2 rings (SSSR count). The van der Waals surface area contributed by atoms with Crippen molar-refractivity contribution in [3.63, 3.8) is 0 Å². The zero-order valence-corrected chi connectivity index (χ0v) is 12.2. The second-order valence-electron chi connectivity index (χ2n) is 5.45. The number of rotatable bonds is 5. The Morgan fingerprint density at radius 2 is 2.10 bits per heavy atom. The average molecular weight is 291 g/mol. The van der Waals surface area contributed by atoms with Crippen molar-refractivity contribution in [1.29, 1.82) is 0 Å². The van der Waals surface area contributed by atoms with Gasteiger partial charge in [-0.3, -0.25) is 14.6 Å². The Morgan fingerprint density at radius 1 is 1.38 bits per heavy atom. The Hall–Kier alpha value is -1.95. The van der Waals surface area contributed by atoms with Crippen LogP contribution in [0.15, 0.2) is 18.3 Å². The second-order valence-corrected chi connectivity index (χ2v) is 5.45. The molecule has 0 radical (unpaired) electrons. The topological polar surface area (TPSA) is 91.3 Å². The summed E-state index contributed by atoms with van der Waals surface area (Å²) < 4.78 is 0.